The number of aromatic nitrogens is 4. The average Bonchev–Trinajstić information content (AvgIpc) is 3.44. The Kier molecular flexibility index (Phi) is 5.41. The van der Waals surface area contributed by atoms with Gasteiger partial charge in [0.2, 0.25) is 17.6 Å². The first kappa shape index (κ1) is 17.9. The van der Waals surface area contributed by atoms with Gasteiger partial charge in [-0.05, 0) is 18.9 Å². The molecule has 28 heavy (non-hydrogen) atoms. The number of hydrogen-bond acceptors (Lipinski definition) is 8. The Labute approximate surface area is 161 Å². The number of amides is 1. The maximum atomic E-state index is 12.0. The van der Waals surface area contributed by atoms with E-state index in [2.05, 4.69) is 30.6 Å². The van der Waals surface area contributed by atoms with Crippen molar-refractivity contribution in [1.29, 1.82) is 0 Å². The first-order chi connectivity index (χ1) is 13.8. The molecule has 1 fully saturated rings. The van der Waals surface area contributed by atoms with E-state index in [0.29, 0.717) is 17.6 Å². The minimum atomic E-state index is -0.315. The number of carbonyl (C=O) groups excluding carboxylic acids is 1. The van der Waals surface area contributed by atoms with E-state index < -0.39 is 0 Å². The lowest BCUT2D eigenvalue weighted by Gasteiger charge is -2.15. The molecule has 144 valence electrons. The Balaban J connectivity index is 1.23. The van der Waals surface area contributed by atoms with E-state index >= 15 is 0 Å². The summed E-state index contributed by atoms with van der Waals surface area (Å²) >= 11 is 0. The number of carbonyl (C=O) groups is 1. The first-order valence-electron chi connectivity index (χ1n) is 9.14. The number of hydrogen-bond donors (Lipinski definition) is 1. The van der Waals surface area contributed by atoms with Crippen molar-refractivity contribution in [2.45, 2.75) is 19.4 Å². The van der Waals surface area contributed by atoms with Crippen LogP contribution in [0, 0.1) is 0 Å². The molecule has 4 rings (SSSR count). The minimum Gasteiger partial charge on any atom is -0.466 e. The van der Waals surface area contributed by atoms with Gasteiger partial charge < -0.3 is 19.5 Å². The van der Waals surface area contributed by atoms with E-state index in [1.807, 2.05) is 36.4 Å². The fourth-order valence-corrected chi connectivity index (χ4v) is 2.90. The third-order valence-corrected chi connectivity index (χ3v) is 4.34. The highest BCUT2D eigenvalue weighted by atomic mass is 16.5. The zero-order valence-corrected chi connectivity index (χ0v) is 15.2. The van der Waals surface area contributed by atoms with Gasteiger partial charge in [-0.25, -0.2) is 0 Å². The zero-order chi connectivity index (χ0) is 19.2. The van der Waals surface area contributed by atoms with Crippen molar-refractivity contribution < 1.29 is 14.1 Å². The fourth-order valence-electron chi connectivity index (χ4n) is 2.90. The summed E-state index contributed by atoms with van der Waals surface area (Å²) in [6.45, 7) is 1.96. The Morgan fingerprint density at radius 1 is 1.11 bits per heavy atom. The van der Waals surface area contributed by atoms with Crippen LogP contribution in [0.5, 0.6) is 5.88 Å². The third kappa shape index (κ3) is 4.43. The smallest absolute Gasteiger partial charge is 0.258 e. The molecule has 0 atom stereocenters. The highest BCUT2D eigenvalue weighted by Crippen LogP contribution is 2.18. The van der Waals surface area contributed by atoms with Crippen LogP contribution in [0.15, 0.2) is 47.0 Å². The molecule has 1 saturated heterocycles. The fraction of sp³-hybridized carbons (Fsp3) is 0.316. The molecule has 0 unspecified atom stereocenters. The van der Waals surface area contributed by atoms with Crippen LogP contribution in [-0.4, -0.2) is 45.9 Å². The summed E-state index contributed by atoms with van der Waals surface area (Å²) < 4.78 is 10.5. The van der Waals surface area contributed by atoms with Crippen molar-refractivity contribution in [2.24, 2.45) is 0 Å². The van der Waals surface area contributed by atoms with Gasteiger partial charge in [-0.1, -0.05) is 35.5 Å². The molecule has 3 heterocycles. The van der Waals surface area contributed by atoms with Crippen LogP contribution in [0.25, 0.3) is 11.4 Å². The second kappa shape index (κ2) is 8.47. The average molecular weight is 380 g/mol. The van der Waals surface area contributed by atoms with Crippen LogP contribution >= 0.6 is 0 Å². The van der Waals surface area contributed by atoms with Crippen LogP contribution < -0.4 is 15.0 Å². The Morgan fingerprint density at radius 3 is 2.68 bits per heavy atom. The lowest BCUT2D eigenvalue weighted by atomic mass is 10.2. The summed E-state index contributed by atoms with van der Waals surface area (Å²) in [5.41, 5.74) is 0.850. The molecule has 1 N–H and O–H groups in total. The summed E-state index contributed by atoms with van der Waals surface area (Å²) in [5.74, 6) is 1.63. The van der Waals surface area contributed by atoms with Crippen LogP contribution in [0.4, 0.5) is 5.82 Å². The predicted octanol–water partition coefficient (Wildman–Crippen LogP) is 1.82. The van der Waals surface area contributed by atoms with Crippen molar-refractivity contribution in [1.82, 2.24) is 25.7 Å². The number of nitrogens with one attached hydrogen (secondary N) is 1. The molecule has 0 radical (unpaired) electrons. The highest BCUT2D eigenvalue weighted by molar-refractivity contribution is 5.77. The van der Waals surface area contributed by atoms with E-state index in [-0.39, 0.29) is 19.1 Å². The normalized spacial score (nSPS) is 13.5. The van der Waals surface area contributed by atoms with Crippen LogP contribution in [-0.2, 0) is 11.3 Å². The zero-order valence-electron chi connectivity index (χ0n) is 15.2. The molecule has 2 aromatic heterocycles. The monoisotopic (exact) mass is 380 g/mol. The summed E-state index contributed by atoms with van der Waals surface area (Å²) in [5, 5.41) is 14.7. The van der Waals surface area contributed by atoms with Crippen molar-refractivity contribution in [3.8, 4) is 17.3 Å². The van der Waals surface area contributed by atoms with E-state index in [1.165, 1.54) is 12.8 Å². The van der Waals surface area contributed by atoms with Crippen molar-refractivity contribution >= 4 is 11.7 Å². The molecule has 9 heteroatoms. The summed E-state index contributed by atoms with van der Waals surface area (Å²) in [6.07, 6.45) is 2.35. The summed E-state index contributed by atoms with van der Waals surface area (Å²) in [4.78, 5) is 18.4. The Morgan fingerprint density at radius 2 is 1.93 bits per heavy atom. The van der Waals surface area contributed by atoms with Gasteiger partial charge in [-0.2, -0.15) is 4.98 Å². The van der Waals surface area contributed by atoms with Gasteiger partial charge in [-0.15, -0.1) is 10.2 Å². The van der Waals surface area contributed by atoms with Gasteiger partial charge in [0, 0.05) is 24.7 Å². The minimum absolute atomic E-state index is 0.127. The molecule has 3 aromatic rings. The van der Waals surface area contributed by atoms with Crippen molar-refractivity contribution in [3.63, 3.8) is 0 Å². The number of anilines is 1. The molecule has 9 nitrogen and oxygen atoms in total. The van der Waals surface area contributed by atoms with E-state index in [0.717, 1.165) is 24.5 Å². The molecule has 1 amide bonds. The predicted molar refractivity (Wildman–Crippen MR) is 101 cm³/mol. The number of ether oxygens (including phenoxy) is 1. The largest absolute Gasteiger partial charge is 0.466 e. The summed E-state index contributed by atoms with van der Waals surface area (Å²) in [7, 11) is 0. The molecule has 0 bridgehead atoms. The van der Waals surface area contributed by atoms with E-state index in [9.17, 15) is 4.79 Å². The highest BCUT2D eigenvalue weighted by Gasteiger charge is 2.14. The second-order valence-corrected chi connectivity index (χ2v) is 6.37. The van der Waals surface area contributed by atoms with Crippen LogP contribution in [0.3, 0.4) is 0 Å². The number of rotatable bonds is 7. The maximum absolute atomic E-state index is 12.0. The quantitative estimate of drug-likeness (QED) is 0.662. The Hall–Kier alpha value is -3.49. The molecule has 0 spiro atoms. The SMILES string of the molecule is O=C(COc1ccc(N2CCCC2)nn1)NCc1nc(-c2ccccc2)no1. The van der Waals surface area contributed by atoms with Crippen molar-refractivity contribution in [3.05, 3.63) is 48.4 Å². The van der Waals surface area contributed by atoms with E-state index in [1.54, 1.807) is 6.07 Å². The number of nitrogens with zero attached hydrogens (tertiary/aromatic N) is 5. The van der Waals surface area contributed by atoms with Crippen LogP contribution in [0.2, 0.25) is 0 Å². The van der Waals surface area contributed by atoms with Gasteiger partial charge in [0.15, 0.2) is 12.4 Å². The third-order valence-electron chi connectivity index (χ3n) is 4.34. The second-order valence-electron chi connectivity index (χ2n) is 6.37. The van der Waals surface area contributed by atoms with Crippen molar-refractivity contribution in [2.75, 3.05) is 24.6 Å². The summed E-state index contributed by atoms with van der Waals surface area (Å²) in [6, 6.07) is 13.0. The molecule has 1 aliphatic rings. The molecule has 1 aromatic carbocycles. The van der Waals surface area contributed by atoms with Gasteiger partial charge in [0.25, 0.3) is 5.91 Å². The van der Waals surface area contributed by atoms with Gasteiger partial charge in [0.1, 0.15) is 0 Å². The van der Waals surface area contributed by atoms with Gasteiger partial charge in [0.05, 0.1) is 6.54 Å². The lowest BCUT2D eigenvalue weighted by molar-refractivity contribution is -0.123. The van der Waals surface area contributed by atoms with Crippen LogP contribution in [0.1, 0.15) is 18.7 Å². The lowest BCUT2D eigenvalue weighted by Crippen LogP contribution is -2.28. The molecule has 0 aliphatic carbocycles. The molecule has 1 aliphatic heterocycles. The number of benzene rings is 1. The molecule has 0 saturated carbocycles. The first-order valence-corrected chi connectivity index (χ1v) is 9.14. The molecular formula is C19H20N6O3. The standard InChI is InChI=1S/C19H20N6O3/c26-16(13-27-17-9-8-15(22-23-17)25-10-4-5-11-25)20-12-18-21-19(24-28-18)14-6-2-1-3-7-14/h1-3,6-9H,4-5,10-13H2,(H,20,26). The Bertz CT molecular complexity index is 907. The van der Waals surface area contributed by atoms with Gasteiger partial charge >= 0.3 is 0 Å². The van der Waals surface area contributed by atoms with Gasteiger partial charge in [-0.3, -0.25) is 4.79 Å². The van der Waals surface area contributed by atoms with E-state index in [4.69, 9.17) is 9.26 Å². The maximum Gasteiger partial charge on any atom is 0.258 e. The topological polar surface area (TPSA) is 106 Å². The molecular weight excluding hydrogens is 360 g/mol.